The van der Waals surface area contributed by atoms with Gasteiger partial charge in [-0.05, 0) is 6.07 Å². The van der Waals surface area contributed by atoms with Crippen molar-refractivity contribution in [3.05, 3.63) is 29.1 Å². The summed E-state index contributed by atoms with van der Waals surface area (Å²) in [5, 5.41) is 8.61. The summed E-state index contributed by atoms with van der Waals surface area (Å²) in [5.74, 6) is -0.00565. The number of benzene rings is 1. The van der Waals surface area contributed by atoms with Crippen LogP contribution in [0.4, 0.5) is 4.39 Å². The average molecular weight is 192 g/mol. The van der Waals surface area contributed by atoms with E-state index < -0.39 is 5.82 Å². The quantitative estimate of drug-likeness (QED) is 0.677. The van der Waals surface area contributed by atoms with Crippen LogP contribution in [0.5, 0.6) is 5.75 Å². The van der Waals surface area contributed by atoms with Gasteiger partial charge in [0.2, 0.25) is 0 Å². The van der Waals surface area contributed by atoms with Gasteiger partial charge in [0.25, 0.3) is 0 Å². The Kier molecular flexibility index (Phi) is 2.10. The molecule has 0 spiro atoms. The van der Waals surface area contributed by atoms with Crippen LogP contribution < -0.4 is 10.5 Å². The van der Waals surface area contributed by atoms with Crippen LogP contribution in [-0.4, -0.2) is 6.61 Å². The van der Waals surface area contributed by atoms with Gasteiger partial charge >= 0.3 is 0 Å². The summed E-state index contributed by atoms with van der Waals surface area (Å²) in [7, 11) is 0. The van der Waals surface area contributed by atoms with Crippen molar-refractivity contribution in [2.24, 2.45) is 5.73 Å². The summed E-state index contributed by atoms with van der Waals surface area (Å²) in [6.07, 6.45) is 0.679. The van der Waals surface area contributed by atoms with Crippen molar-refractivity contribution in [1.82, 2.24) is 0 Å². The van der Waals surface area contributed by atoms with Crippen LogP contribution >= 0.6 is 0 Å². The molecule has 1 atom stereocenters. The number of rotatable bonds is 0. The third-order valence-corrected chi connectivity index (χ3v) is 2.31. The molecule has 1 heterocycles. The normalized spacial score (nSPS) is 19.4. The summed E-state index contributed by atoms with van der Waals surface area (Å²) in [4.78, 5) is 0. The van der Waals surface area contributed by atoms with E-state index in [2.05, 4.69) is 0 Å². The second kappa shape index (κ2) is 3.28. The highest BCUT2D eigenvalue weighted by Gasteiger charge is 2.20. The fourth-order valence-corrected chi connectivity index (χ4v) is 1.52. The standard InChI is InChI=1S/C10H9FN2O/c11-8-4-7-9(13)1-2-14-10(7)3-6(8)5-12/h3-4,9H,1-2,13H2/t9-/m1/s1. The molecular formula is C10H9FN2O. The van der Waals surface area contributed by atoms with Gasteiger partial charge in [0, 0.05) is 24.1 Å². The van der Waals surface area contributed by atoms with Crippen molar-refractivity contribution in [2.75, 3.05) is 6.61 Å². The van der Waals surface area contributed by atoms with Gasteiger partial charge in [-0.2, -0.15) is 5.26 Å². The maximum Gasteiger partial charge on any atom is 0.141 e. The second-order valence-corrected chi connectivity index (χ2v) is 3.23. The van der Waals surface area contributed by atoms with E-state index >= 15 is 0 Å². The zero-order valence-corrected chi connectivity index (χ0v) is 7.46. The molecule has 0 unspecified atom stereocenters. The molecular weight excluding hydrogens is 183 g/mol. The smallest absolute Gasteiger partial charge is 0.141 e. The zero-order chi connectivity index (χ0) is 10.1. The molecule has 0 radical (unpaired) electrons. The van der Waals surface area contributed by atoms with Crippen LogP contribution in [0.1, 0.15) is 23.6 Å². The van der Waals surface area contributed by atoms with Crippen molar-refractivity contribution in [3.63, 3.8) is 0 Å². The topological polar surface area (TPSA) is 59.0 Å². The SMILES string of the molecule is N#Cc1cc2c(cc1F)[C@H](N)CCO2. The van der Waals surface area contributed by atoms with E-state index in [0.717, 1.165) is 0 Å². The third kappa shape index (κ3) is 1.32. The van der Waals surface area contributed by atoms with Gasteiger partial charge in [-0.25, -0.2) is 4.39 Å². The molecule has 1 aromatic rings. The van der Waals surface area contributed by atoms with Gasteiger partial charge in [-0.1, -0.05) is 0 Å². The molecule has 2 N–H and O–H groups in total. The van der Waals surface area contributed by atoms with Gasteiger partial charge in [0.15, 0.2) is 0 Å². The van der Waals surface area contributed by atoms with Gasteiger partial charge in [0.1, 0.15) is 17.6 Å². The number of fused-ring (bicyclic) bond motifs is 1. The molecule has 14 heavy (non-hydrogen) atoms. The van der Waals surface area contributed by atoms with Crippen LogP contribution in [-0.2, 0) is 0 Å². The Morgan fingerprint density at radius 2 is 2.36 bits per heavy atom. The monoisotopic (exact) mass is 192 g/mol. The molecule has 0 fully saturated rings. The Morgan fingerprint density at radius 1 is 1.57 bits per heavy atom. The summed E-state index contributed by atoms with van der Waals surface area (Å²) in [5.41, 5.74) is 6.42. The highest BCUT2D eigenvalue weighted by molar-refractivity contribution is 5.45. The molecule has 4 heteroatoms. The lowest BCUT2D eigenvalue weighted by Gasteiger charge is -2.22. The molecule has 1 aromatic carbocycles. The molecule has 72 valence electrons. The predicted octanol–water partition coefficient (Wildman–Crippen LogP) is 1.48. The van der Waals surface area contributed by atoms with Crippen molar-refractivity contribution >= 4 is 0 Å². The number of ether oxygens (including phenoxy) is 1. The number of hydrogen-bond acceptors (Lipinski definition) is 3. The lowest BCUT2D eigenvalue weighted by molar-refractivity contribution is 0.268. The van der Waals surface area contributed by atoms with Crippen molar-refractivity contribution in [1.29, 1.82) is 5.26 Å². The number of nitrogens with two attached hydrogens (primary N) is 1. The zero-order valence-electron chi connectivity index (χ0n) is 7.46. The second-order valence-electron chi connectivity index (χ2n) is 3.23. The fourth-order valence-electron chi connectivity index (χ4n) is 1.52. The first-order chi connectivity index (χ1) is 6.72. The minimum absolute atomic E-state index is 0.00199. The van der Waals surface area contributed by atoms with Crippen molar-refractivity contribution in [2.45, 2.75) is 12.5 Å². The number of nitrogens with zero attached hydrogens (tertiary/aromatic N) is 1. The van der Waals surface area contributed by atoms with Crippen molar-refractivity contribution in [3.8, 4) is 11.8 Å². The highest BCUT2D eigenvalue weighted by Crippen LogP contribution is 2.32. The van der Waals surface area contributed by atoms with Crippen LogP contribution in [0.2, 0.25) is 0 Å². The molecule has 0 aliphatic carbocycles. The van der Waals surface area contributed by atoms with E-state index in [9.17, 15) is 4.39 Å². The Bertz CT molecular complexity index is 411. The van der Waals surface area contributed by atoms with Crippen LogP contribution in [0.15, 0.2) is 12.1 Å². The average Bonchev–Trinajstić information content (AvgIpc) is 2.19. The molecule has 0 saturated heterocycles. The largest absolute Gasteiger partial charge is 0.493 e. The molecule has 0 amide bonds. The Morgan fingerprint density at radius 3 is 3.07 bits per heavy atom. The van der Waals surface area contributed by atoms with E-state index in [-0.39, 0.29) is 11.6 Å². The Labute approximate surface area is 80.9 Å². The van der Waals surface area contributed by atoms with Crippen LogP contribution in [0, 0.1) is 17.1 Å². The van der Waals surface area contributed by atoms with E-state index in [1.54, 1.807) is 6.07 Å². The Balaban J connectivity index is 2.55. The van der Waals surface area contributed by atoms with Gasteiger partial charge < -0.3 is 10.5 Å². The molecule has 0 aromatic heterocycles. The van der Waals surface area contributed by atoms with E-state index in [1.165, 1.54) is 12.1 Å². The third-order valence-electron chi connectivity index (χ3n) is 2.31. The molecule has 1 aliphatic rings. The van der Waals surface area contributed by atoms with E-state index in [1.807, 2.05) is 0 Å². The highest BCUT2D eigenvalue weighted by atomic mass is 19.1. The van der Waals surface area contributed by atoms with E-state index in [0.29, 0.717) is 24.3 Å². The maximum absolute atomic E-state index is 13.2. The lowest BCUT2D eigenvalue weighted by Crippen LogP contribution is -2.20. The summed E-state index contributed by atoms with van der Waals surface area (Å²) in [6, 6.07) is 4.27. The summed E-state index contributed by atoms with van der Waals surface area (Å²) in [6.45, 7) is 0.519. The molecule has 0 saturated carbocycles. The van der Waals surface area contributed by atoms with Gasteiger partial charge in [-0.3, -0.25) is 0 Å². The first-order valence-electron chi connectivity index (χ1n) is 4.34. The minimum atomic E-state index is -0.535. The molecule has 1 aliphatic heterocycles. The first-order valence-corrected chi connectivity index (χ1v) is 4.34. The van der Waals surface area contributed by atoms with Gasteiger partial charge in [-0.15, -0.1) is 0 Å². The molecule has 0 bridgehead atoms. The summed E-state index contributed by atoms with van der Waals surface area (Å²) < 4.78 is 18.5. The maximum atomic E-state index is 13.2. The lowest BCUT2D eigenvalue weighted by atomic mass is 9.99. The van der Waals surface area contributed by atoms with Crippen molar-refractivity contribution < 1.29 is 9.13 Å². The number of halogens is 1. The minimum Gasteiger partial charge on any atom is -0.493 e. The molecule has 2 rings (SSSR count). The molecule has 3 nitrogen and oxygen atoms in total. The fraction of sp³-hybridized carbons (Fsp3) is 0.300. The van der Waals surface area contributed by atoms with Crippen LogP contribution in [0.3, 0.4) is 0 Å². The van der Waals surface area contributed by atoms with Gasteiger partial charge in [0.05, 0.1) is 12.2 Å². The predicted molar refractivity (Wildman–Crippen MR) is 48.2 cm³/mol. The number of nitriles is 1. The number of hydrogen-bond donors (Lipinski definition) is 1. The summed E-state index contributed by atoms with van der Waals surface area (Å²) >= 11 is 0. The van der Waals surface area contributed by atoms with E-state index in [4.69, 9.17) is 15.7 Å². The Hall–Kier alpha value is -1.60. The van der Waals surface area contributed by atoms with Crippen LogP contribution in [0.25, 0.3) is 0 Å². The first kappa shape index (κ1) is 8.97.